The summed E-state index contributed by atoms with van der Waals surface area (Å²) < 4.78 is 0.742. The number of pyridine rings is 1. The van der Waals surface area contributed by atoms with Crippen LogP contribution in [0.3, 0.4) is 0 Å². The molecule has 0 aromatic carbocycles. The van der Waals surface area contributed by atoms with Gasteiger partial charge in [0.25, 0.3) is 0 Å². The first kappa shape index (κ1) is 8.04. The molecule has 0 spiro atoms. The van der Waals surface area contributed by atoms with E-state index < -0.39 is 0 Å². The minimum atomic E-state index is 0.565. The zero-order valence-corrected chi connectivity index (χ0v) is 7.41. The molecule has 1 heterocycles. The number of azide groups is 1. The van der Waals surface area contributed by atoms with Crippen LogP contribution in [0.4, 0.5) is 5.69 Å². The predicted octanol–water partition coefficient (Wildman–Crippen LogP) is 3.09. The van der Waals surface area contributed by atoms with Crippen molar-refractivity contribution in [3.05, 3.63) is 32.9 Å². The van der Waals surface area contributed by atoms with Crippen LogP contribution in [0.2, 0.25) is 0 Å². The smallest absolute Gasteiger partial charge is 0.106 e. The molecule has 0 atom stereocenters. The average molecular weight is 213 g/mol. The molecular weight excluding hydrogens is 208 g/mol. The Labute approximate surface area is 72.0 Å². The van der Waals surface area contributed by atoms with Gasteiger partial charge in [0.1, 0.15) is 4.60 Å². The van der Waals surface area contributed by atoms with E-state index in [0.717, 1.165) is 10.3 Å². The largest absolute Gasteiger partial charge is 0.246 e. The second-order valence-electron chi connectivity index (χ2n) is 1.93. The summed E-state index contributed by atoms with van der Waals surface area (Å²) in [6, 6.07) is 3.45. The fourth-order valence-corrected chi connectivity index (χ4v) is 1.08. The lowest BCUT2D eigenvalue weighted by atomic mass is 10.3. The van der Waals surface area contributed by atoms with Crippen LogP contribution in [0.5, 0.6) is 0 Å². The molecule has 56 valence electrons. The second kappa shape index (κ2) is 3.37. The van der Waals surface area contributed by atoms with E-state index in [0.29, 0.717) is 5.69 Å². The van der Waals surface area contributed by atoms with Crippen LogP contribution >= 0.6 is 15.9 Å². The van der Waals surface area contributed by atoms with Crippen molar-refractivity contribution in [2.75, 3.05) is 0 Å². The monoisotopic (exact) mass is 212 g/mol. The van der Waals surface area contributed by atoms with Crippen LogP contribution < -0.4 is 0 Å². The molecule has 0 radical (unpaired) electrons. The number of aromatic nitrogens is 1. The molecule has 1 aromatic heterocycles. The van der Waals surface area contributed by atoms with E-state index in [1.807, 2.05) is 0 Å². The first-order valence-electron chi connectivity index (χ1n) is 2.92. The first-order valence-corrected chi connectivity index (χ1v) is 3.71. The van der Waals surface area contributed by atoms with E-state index in [1.54, 1.807) is 19.1 Å². The Morgan fingerprint density at radius 2 is 2.36 bits per heavy atom. The fourth-order valence-electron chi connectivity index (χ4n) is 0.677. The van der Waals surface area contributed by atoms with Crippen molar-refractivity contribution in [3.8, 4) is 0 Å². The Morgan fingerprint density at radius 3 is 2.91 bits per heavy atom. The number of hydrogen-bond donors (Lipinski definition) is 0. The van der Waals surface area contributed by atoms with Crippen molar-refractivity contribution >= 4 is 21.6 Å². The average Bonchev–Trinajstić information content (AvgIpc) is 1.95. The summed E-state index contributed by atoms with van der Waals surface area (Å²) in [5, 5.41) is 3.44. The van der Waals surface area contributed by atoms with Crippen LogP contribution in [0, 0.1) is 6.92 Å². The van der Waals surface area contributed by atoms with E-state index >= 15 is 0 Å². The topological polar surface area (TPSA) is 61.7 Å². The highest BCUT2D eigenvalue weighted by atomic mass is 79.9. The van der Waals surface area contributed by atoms with Crippen LogP contribution in [-0.2, 0) is 0 Å². The molecule has 0 bridgehead atoms. The van der Waals surface area contributed by atoms with Gasteiger partial charge in [-0.1, -0.05) is 5.11 Å². The maximum Gasteiger partial charge on any atom is 0.106 e. The van der Waals surface area contributed by atoms with Gasteiger partial charge in [0, 0.05) is 10.6 Å². The normalized spacial score (nSPS) is 8.91. The van der Waals surface area contributed by atoms with Crippen molar-refractivity contribution in [1.29, 1.82) is 0 Å². The Hall–Kier alpha value is -1.06. The third-order valence-corrected chi connectivity index (χ3v) is 1.62. The highest BCUT2D eigenvalue weighted by Crippen LogP contribution is 2.18. The Balaban J connectivity index is 3.19. The van der Waals surface area contributed by atoms with E-state index in [1.165, 1.54) is 0 Å². The van der Waals surface area contributed by atoms with Gasteiger partial charge in [0.05, 0.1) is 5.69 Å². The number of halogens is 1. The van der Waals surface area contributed by atoms with Gasteiger partial charge in [-0.05, 0) is 40.5 Å². The Morgan fingerprint density at radius 1 is 1.64 bits per heavy atom. The van der Waals surface area contributed by atoms with Gasteiger partial charge in [-0.25, -0.2) is 4.98 Å². The molecular formula is C6H5BrN4. The summed E-state index contributed by atoms with van der Waals surface area (Å²) in [6.07, 6.45) is 0. The fraction of sp³-hybridized carbons (Fsp3) is 0.167. The molecule has 5 heteroatoms. The quantitative estimate of drug-likeness (QED) is 0.306. The molecule has 0 fully saturated rings. The van der Waals surface area contributed by atoms with Crippen molar-refractivity contribution in [2.45, 2.75) is 6.92 Å². The van der Waals surface area contributed by atoms with Crippen LogP contribution in [0.25, 0.3) is 10.4 Å². The van der Waals surface area contributed by atoms with E-state index in [2.05, 4.69) is 30.9 Å². The third kappa shape index (κ3) is 1.93. The zero-order valence-electron chi connectivity index (χ0n) is 5.82. The summed E-state index contributed by atoms with van der Waals surface area (Å²) >= 11 is 3.20. The minimum Gasteiger partial charge on any atom is -0.246 e. The molecule has 0 N–H and O–H groups in total. The molecule has 0 saturated carbocycles. The summed E-state index contributed by atoms with van der Waals surface area (Å²) in [6.45, 7) is 1.79. The van der Waals surface area contributed by atoms with Gasteiger partial charge in [-0.3, -0.25) is 0 Å². The van der Waals surface area contributed by atoms with Crippen molar-refractivity contribution in [2.24, 2.45) is 5.11 Å². The molecule has 4 nitrogen and oxygen atoms in total. The number of aryl methyl sites for hydroxylation is 1. The summed E-state index contributed by atoms with van der Waals surface area (Å²) in [7, 11) is 0. The van der Waals surface area contributed by atoms with Gasteiger partial charge >= 0.3 is 0 Å². The van der Waals surface area contributed by atoms with Gasteiger partial charge in [0.2, 0.25) is 0 Å². The second-order valence-corrected chi connectivity index (χ2v) is 2.74. The zero-order chi connectivity index (χ0) is 8.27. The van der Waals surface area contributed by atoms with Gasteiger partial charge in [-0.2, -0.15) is 0 Å². The molecule has 1 rings (SSSR count). The molecule has 0 amide bonds. The summed E-state index contributed by atoms with van der Waals surface area (Å²) in [5.74, 6) is 0. The first-order chi connectivity index (χ1) is 5.24. The lowest BCUT2D eigenvalue weighted by molar-refractivity contribution is 1.15. The highest BCUT2D eigenvalue weighted by molar-refractivity contribution is 9.10. The Kier molecular flexibility index (Phi) is 2.46. The molecule has 11 heavy (non-hydrogen) atoms. The lowest BCUT2D eigenvalue weighted by Crippen LogP contribution is -1.80. The highest BCUT2D eigenvalue weighted by Gasteiger charge is 1.95. The molecule has 1 aromatic rings. The molecule has 0 aliphatic carbocycles. The van der Waals surface area contributed by atoms with Gasteiger partial charge in [-0.15, -0.1) is 0 Å². The SMILES string of the molecule is Cc1nc(Br)ccc1N=[N+]=[N-]. The maximum absolute atomic E-state index is 8.13. The van der Waals surface area contributed by atoms with Gasteiger partial charge < -0.3 is 0 Å². The molecule has 0 saturated heterocycles. The summed E-state index contributed by atoms with van der Waals surface area (Å²) in [4.78, 5) is 6.71. The molecule has 0 aliphatic rings. The molecule has 0 aliphatic heterocycles. The predicted molar refractivity (Wildman–Crippen MR) is 45.5 cm³/mol. The van der Waals surface area contributed by atoms with Crippen LogP contribution in [0.15, 0.2) is 21.9 Å². The van der Waals surface area contributed by atoms with Crippen LogP contribution in [0.1, 0.15) is 5.69 Å². The van der Waals surface area contributed by atoms with Crippen LogP contribution in [-0.4, -0.2) is 4.98 Å². The number of hydrogen-bond acceptors (Lipinski definition) is 2. The van der Waals surface area contributed by atoms with E-state index in [4.69, 9.17) is 5.53 Å². The number of nitrogens with zero attached hydrogens (tertiary/aromatic N) is 4. The van der Waals surface area contributed by atoms with Gasteiger partial charge in [0.15, 0.2) is 0 Å². The molecule has 0 unspecified atom stereocenters. The van der Waals surface area contributed by atoms with E-state index in [9.17, 15) is 0 Å². The third-order valence-electron chi connectivity index (χ3n) is 1.18. The van der Waals surface area contributed by atoms with Crippen molar-refractivity contribution < 1.29 is 0 Å². The standard InChI is InChI=1S/C6H5BrN4/c1-4-5(10-11-8)2-3-6(7)9-4/h2-3H,1H3. The number of rotatable bonds is 1. The Bertz CT molecular complexity index is 316. The van der Waals surface area contributed by atoms with Crippen molar-refractivity contribution in [3.63, 3.8) is 0 Å². The maximum atomic E-state index is 8.13. The minimum absolute atomic E-state index is 0.565. The summed E-state index contributed by atoms with van der Waals surface area (Å²) in [5.41, 5.74) is 9.42. The van der Waals surface area contributed by atoms with E-state index in [-0.39, 0.29) is 0 Å². The van der Waals surface area contributed by atoms with Crippen molar-refractivity contribution in [1.82, 2.24) is 4.98 Å². The lowest BCUT2D eigenvalue weighted by Gasteiger charge is -1.96.